The predicted molar refractivity (Wildman–Crippen MR) is 265 cm³/mol. The minimum Gasteiger partial charge on any atom is -0.508 e. The van der Waals surface area contributed by atoms with Gasteiger partial charge in [-0.2, -0.15) is 0 Å². The fourth-order valence-corrected chi connectivity index (χ4v) is 7.41. The SMILES string of the molecule is CC[C@H](C)[C@H](NC(=O)CCCN=[N+]=[N-])C(=O)N1CCC[C@H]1C(=O)N[C@@H](CCCN=C(N)N)C(=O)NCC(=O)N[C@@H](CC(=O)O)C(=O)N[C@@H](Cc1ccc(O)cc1)C(=O)N[C@@H](CCCN=C(N)N)C(=O)NCC(=O)O. The minimum absolute atomic E-state index is 0.0137. The van der Waals surface area contributed by atoms with E-state index < -0.39 is 115 Å². The molecule has 0 saturated carbocycles. The number of guanidine groups is 2. The van der Waals surface area contributed by atoms with Crippen LogP contribution in [0.3, 0.4) is 0 Å². The van der Waals surface area contributed by atoms with Crippen LogP contribution >= 0.6 is 0 Å². The Morgan fingerprint density at radius 1 is 0.716 bits per heavy atom. The largest absolute Gasteiger partial charge is 0.508 e. The van der Waals surface area contributed by atoms with Gasteiger partial charge in [-0.3, -0.25) is 57.9 Å². The van der Waals surface area contributed by atoms with E-state index in [1.165, 1.54) is 29.2 Å². The number of phenols is 1. The van der Waals surface area contributed by atoms with Gasteiger partial charge >= 0.3 is 11.9 Å². The summed E-state index contributed by atoms with van der Waals surface area (Å²) in [6.07, 6.45) is 0.104. The summed E-state index contributed by atoms with van der Waals surface area (Å²) >= 11 is 0. The second kappa shape index (κ2) is 32.5. The van der Waals surface area contributed by atoms with Gasteiger partial charge in [-0.05, 0) is 74.1 Å². The van der Waals surface area contributed by atoms with Gasteiger partial charge in [-0.15, -0.1) is 0 Å². The number of carbonyl (C=O) groups excluding carboxylic acids is 8. The molecule has 8 amide bonds. The fourth-order valence-electron chi connectivity index (χ4n) is 7.41. The minimum atomic E-state index is -1.87. The van der Waals surface area contributed by atoms with E-state index in [2.05, 4.69) is 57.2 Å². The molecule has 18 N–H and O–H groups in total. The average molecular weight is 1040 g/mol. The van der Waals surface area contributed by atoms with Gasteiger partial charge in [0.15, 0.2) is 11.9 Å². The lowest BCUT2D eigenvalue weighted by Gasteiger charge is -2.32. The fraction of sp³-hybridized carbons (Fsp3) is 0.591. The number of nitrogens with zero attached hydrogens (tertiary/aromatic N) is 6. The van der Waals surface area contributed by atoms with E-state index in [0.717, 1.165) is 0 Å². The molecule has 408 valence electrons. The van der Waals surface area contributed by atoms with E-state index in [1.54, 1.807) is 6.92 Å². The number of amides is 8. The number of carboxylic acids is 2. The highest BCUT2D eigenvalue weighted by atomic mass is 16.4. The molecule has 7 atom stereocenters. The van der Waals surface area contributed by atoms with E-state index in [1.807, 2.05) is 6.92 Å². The van der Waals surface area contributed by atoms with Crippen molar-refractivity contribution in [1.29, 1.82) is 0 Å². The van der Waals surface area contributed by atoms with Crippen LogP contribution in [-0.4, -0.2) is 167 Å². The first-order chi connectivity index (χ1) is 35.1. The molecule has 0 radical (unpaired) electrons. The number of rotatable bonds is 33. The molecule has 1 aliphatic rings. The summed E-state index contributed by atoms with van der Waals surface area (Å²) in [6.45, 7) is 2.24. The topological polar surface area (TPSA) is 496 Å². The van der Waals surface area contributed by atoms with E-state index >= 15 is 0 Å². The van der Waals surface area contributed by atoms with Crippen LogP contribution in [0.5, 0.6) is 5.75 Å². The Balaban J connectivity index is 2.31. The number of azide groups is 1. The number of aromatic hydroxyl groups is 1. The van der Waals surface area contributed by atoms with Gasteiger partial charge in [-0.1, -0.05) is 37.5 Å². The molecule has 0 spiro atoms. The summed E-state index contributed by atoms with van der Waals surface area (Å²) in [7, 11) is 0. The molecule has 1 fully saturated rings. The lowest BCUT2D eigenvalue weighted by atomic mass is 9.97. The average Bonchev–Trinajstić information content (AvgIpc) is 3.85. The Morgan fingerprint density at radius 3 is 1.84 bits per heavy atom. The molecule has 1 aromatic rings. The van der Waals surface area contributed by atoms with Gasteiger partial charge < -0.3 is 80.4 Å². The maximum Gasteiger partial charge on any atom is 0.322 e. The number of aliphatic imine (C=N–C) groups is 2. The zero-order valence-electron chi connectivity index (χ0n) is 41.3. The Labute approximate surface area is 425 Å². The third-order valence-corrected chi connectivity index (χ3v) is 11.4. The van der Waals surface area contributed by atoms with E-state index in [9.17, 15) is 58.2 Å². The number of aliphatic carboxylic acids is 2. The van der Waals surface area contributed by atoms with Crippen LogP contribution in [0.25, 0.3) is 10.4 Å². The van der Waals surface area contributed by atoms with Crippen molar-refractivity contribution in [3.63, 3.8) is 0 Å². The van der Waals surface area contributed by atoms with Crippen LogP contribution in [-0.2, 0) is 54.4 Å². The molecule has 0 bridgehead atoms. The number of carbonyl (C=O) groups is 10. The number of hydrogen-bond donors (Lipinski definition) is 14. The second-order valence-electron chi connectivity index (χ2n) is 17.2. The highest BCUT2D eigenvalue weighted by molar-refractivity contribution is 5.98. The third-order valence-electron chi connectivity index (χ3n) is 11.4. The lowest BCUT2D eigenvalue weighted by Crippen LogP contribution is -2.59. The first-order valence-electron chi connectivity index (χ1n) is 23.7. The Morgan fingerprint density at radius 2 is 1.28 bits per heavy atom. The van der Waals surface area contributed by atoms with Crippen molar-refractivity contribution in [2.75, 3.05) is 39.3 Å². The van der Waals surface area contributed by atoms with Crippen LogP contribution < -0.4 is 60.2 Å². The molecule has 1 aromatic carbocycles. The number of nitrogens with one attached hydrogen (secondary N) is 7. The van der Waals surface area contributed by atoms with Crippen molar-refractivity contribution >= 4 is 71.1 Å². The Bertz CT molecular complexity index is 2230. The summed E-state index contributed by atoms with van der Waals surface area (Å²) in [5.74, 6) is -10.7. The van der Waals surface area contributed by atoms with Crippen molar-refractivity contribution in [3.05, 3.63) is 40.3 Å². The highest BCUT2D eigenvalue weighted by Gasteiger charge is 2.40. The maximum absolute atomic E-state index is 14.0. The zero-order chi connectivity index (χ0) is 55.3. The molecule has 2 rings (SSSR count). The molecule has 0 aliphatic carbocycles. The molecule has 1 heterocycles. The van der Waals surface area contributed by atoms with Crippen molar-refractivity contribution < 1.29 is 63.3 Å². The second-order valence-corrected chi connectivity index (χ2v) is 17.2. The van der Waals surface area contributed by atoms with Gasteiger partial charge in [0.25, 0.3) is 0 Å². The molecule has 0 aromatic heterocycles. The lowest BCUT2D eigenvalue weighted by molar-refractivity contribution is -0.143. The normalized spacial score (nSPS) is 15.1. The molecule has 30 heteroatoms. The van der Waals surface area contributed by atoms with E-state index in [-0.39, 0.29) is 101 Å². The van der Waals surface area contributed by atoms with Crippen LogP contribution in [0.15, 0.2) is 39.4 Å². The molecule has 0 unspecified atom stereocenters. The predicted octanol–water partition coefficient (Wildman–Crippen LogP) is -3.61. The number of likely N-dealkylation sites (tertiary alicyclic amines) is 1. The summed E-state index contributed by atoms with van der Waals surface area (Å²) in [4.78, 5) is 143. The highest BCUT2D eigenvalue weighted by Crippen LogP contribution is 2.22. The van der Waals surface area contributed by atoms with Gasteiger partial charge in [0.05, 0.1) is 13.0 Å². The van der Waals surface area contributed by atoms with Gasteiger partial charge in [-0.25, -0.2) is 0 Å². The molecule has 30 nitrogen and oxygen atoms in total. The number of phenolic OH excluding ortho intramolecular Hbond substituents is 1. The van der Waals surface area contributed by atoms with Gasteiger partial charge in [0, 0.05) is 43.9 Å². The van der Waals surface area contributed by atoms with Crippen LogP contribution in [0, 0.1) is 5.92 Å². The van der Waals surface area contributed by atoms with Crippen LogP contribution in [0.1, 0.15) is 83.6 Å². The van der Waals surface area contributed by atoms with Crippen molar-refractivity contribution in [2.45, 2.75) is 121 Å². The first-order valence-corrected chi connectivity index (χ1v) is 23.7. The standard InChI is InChI=1S/C44H69N17O13/c1-3-24(2)36(59-32(63)11-6-18-54-60-49)42(74)61-19-7-10-31(61)41(73)57-28(9-5-17-51-44(47)48)37(69)52-22-33(64)55-30(21-34(65)66)40(72)58-29(20-25-12-14-26(62)15-13-25)39(71)56-27(8-4-16-50-43(45)46)38(70)53-23-35(67)68/h12-15,24,27-31,36,62H,3-11,16-23H2,1-2H3,(H,52,69)(H,53,70)(H,55,64)(H,56,71)(H,57,73)(H,58,72)(H,59,63)(H,65,66)(H,67,68)(H4,45,46,50)(H4,47,48,51)/t24-,27-,28-,29-,30-,31-,36-/m0/s1. The molecule has 74 heavy (non-hydrogen) atoms. The van der Waals surface area contributed by atoms with Gasteiger partial charge in [0.2, 0.25) is 47.3 Å². The Kier molecular flexibility index (Phi) is 27.1. The quantitative estimate of drug-likeness (QED) is 0.00807. The number of benzene rings is 1. The van der Waals surface area contributed by atoms with Crippen LogP contribution in [0.4, 0.5) is 0 Å². The molecular weight excluding hydrogens is 975 g/mol. The molecular formula is C44H69N17O13. The number of nitrogens with two attached hydrogens (primary N) is 4. The number of hydrogen-bond acceptors (Lipinski definition) is 14. The Hall–Kier alpha value is -8.43. The summed E-state index contributed by atoms with van der Waals surface area (Å²) in [5, 5.41) is 49.0. The molecule has 1 saturated heterocycles. The monoisotopic (exact) mass is 1040 g/mol. The summed E-state index contributed by atoms with van der Waals surface area (Å²) < 4.78 is 0. The summed E-state index contributed by atoms with van der Waals surface area (Å²) in [6, 6.07) is -2.83. The first kappa shape index (κ1) is 61.7. The van der Waals surface area contributed by atoms with Crippen molar-refractivity contribution in [1.82, 2.24) is 42.1 Å². The summed E-state index contributed by atoms with van der Waals surface area (Å²) in [5.41, 5.74) is 30.5. The van der Waals surface area contributed by atoms with Crippen LogP contribution in [0.2, 0.25) is 0 Å². The van der Waals surface area contributed by atoms with Gasteiger partial charge in [0.1, 0.15) is 48.5 Å². The zero-order valence-corrected chi connectivity index (χ0v) is 41.3. The maximum atomic E-state index is 14.0. The molecule has 1 aliphatic heterocycles. The third kappa shape index (κ3) is 23.2. The van der Waals surface area contributed by atoms with E-state index in [0.29, 0.717) is 18.4 Å². The smallest absolute Gasteiger partial charge is 0.322 e. The number of carboxylic acid groups (broad SMARTS) is 2. The van der Waals surface area contributed by atoms with Crippen molar-refractivity contribution in [3.8, 4) is 5.75 Å². The van der Waals surface area contributed by atoms with E-state index in [4.69, 9.17) is 33.6 Å². The van der Waals surface area contributed by atoms with Crippen molar-refractivity contribution in [2.24, 2.45) is 44.0 Å².